The molecule has 1 aromatic carbocycles. The summed E-state index contributed by atoms with van der Waals surface area (Å²) in [7, 11) is 1.94. The summed E-state index contributed by atoms with van der Waals surface area (Å²) >= 11 is 0. The van der Waals surface area contributed by atoms with Crippen molar-refractivity contribution in [3.05, 3.63) is 41.0 Å². The van der Waals surface area contributed by atoms with Crippen molar-refractivity contribution >= 4 is 6.08 Å². The van der Waals surface area contributed by atoms with Crippen LogP contribution in [0.2, 0.25) is 0 Å². The lowest BCUT2D eigenvalue weighted by Gasteiger charge is -2.10. The molecule has 1 aromatic rings. The van der Waals surface area contributed by atoms with Gasteiger partial charge in [-0.15, -0.1) is 0 Å². The third kappa shape index (κ3) is 3.23. The van der Waals surface area contributed by atoms with E-state index in [1.54, 1.807) is 0 Å². The van der Waals surface area contributed by atoms with Gasteiger partial charge in [0.2, 0.25) is 0 Å². The van der Waals surface area contributed by atoms with Crippen LogP contribution >= 0.6 is 0 Å². The number of nitrogens with one attached hydrogen (secondary N) is 1. The molecule has 0 aliphatic heterocycles. The lowest BCUT2D eigenvalue weighted by atomic mass is 10.1. The van der Waals surface area contributed by atoms with Gasteiger partial charge < -0.3 is 5.32 Å². The quantitative estimate of drug-likeness (QED) is 0.814. The number of likely N-dealkylation sites (N-methyl/N-ethyl adjacent to an activating group) is 1. The highest BCUT2D eigenvalue weighted by molar-refractivity contribution is 5.55. The van der Waals surface area contributed by atoms with Crippen LogP contribution < -0.4 is 5.32 Å². The molecule has 1 unspecified atom stereocenters. The molecular formula is C13H16N2. The molecule has 1 N–H and O–H groups in total. The summed E-state index contributed by atoms with van der Waals surface area (Å²) in [6, 6.07) is 10.1. The first-order valence-electron chi connectivity index (χ1n) is 5.03. The number of rotatable bonds is 3. The van der Waals surface area contributed by atoms with Gasteiger partial charge in [-0.1, -0.05) is 23.8 Å². The summed E-state index contributed by atoms with van der Waals surface area (Å²) in [5.74, 6) is 0. The number of nitriles is 1. The minimum Gasteiger partial charge on any atom is -0.314 e. The first-order chi connectivity index (χ1) is 7.17. The van der Waals surface area contributed by atoms with E-state index in [-0.39, 0.29) is 0 Å². The van der Waals surface area contributed by atoms with Crippen molar-refractivity contribution in [1.82, 2.24) is 5.32 Å². The Hall–Kier alpha value is -1.59. The summed E-state index contributed by atoms with van der Waals surface area (Å²) < 4.78 is 0. The van der Waals surface area contributed by atoms with Crippen molar-refractivity contribution < 1.29 is 0 Å². The van der Waals surface area contributed by atoms with Crippen LogP contribution in [0.25, 0.3) is 6.08 Å². The van der Waals surface area contributed by atoms with Crippen LogP contribution in [0.1, 0.15) is 25.0 Å². The minimum absolute atomic E-state index is 0.357. The topological polar surface area (TPSA) is 35.8 Å². The van der Waals surface area contributed by atoms with Crippen molar-refractivity contribution in [2.24, 2.45) is 0 Å². The molecule has 0 radical (unpaired) electrons. The molecule has 0 heterocycles. The fourth-order valence-corrected chi connectivity index (χ4v) is 1.31. The zero-order chi connectivity index (χ0) is 11.3. The average molecular weight is 200 g/mol. The molecule has 2 nitrogen and oxygen atoms in total. The van der Waals surface area contributed by atoms with Crippen LogP contribution in [0.3, 0.4) is 0 Å². The molecule has 0 saturated heterocycles. The second-order valence-corrected chi connectivity index (χ2v) is 3.64. The van der Waals surface area contributed by atoms with E-state index in [0.29, 0.717) is 11.6 Å². The lowest BCUT2D eigenvalue weighted by molar-refractivity contribution is 0.696. The first kappa shape index (κ1) is 11.5. The SMILES string of the molecule is CNC(C)/C(C)=C/c1cccc(C#N)c1. The molecule has 0 aromatic heterocycles. The maximum Gasteiger partial charge on any atom is 0.0991 e. The lowest BCUT2D eigenvalue weighted by Crippen LogP contribution is -2.21. The van der Waals surface area contributed by atoms with Crippen LogP contribution in [0.5, 0.6) is 0 Å². The molecule has 78 valence electrons. The van der Waals surface area contributed by atoms with Gasteiger partial charge in [0.05, 0.1) is 11.6 Å². The van der Waals surface area contributed by atoms with Crippen LogP contribution in [0.15, 0.2) is 29.8 Å². The number of hydrogen-bond donors (Lipinski definition) is 1. The van der Waals surface area contributed by atoms with E-state index in [9.17, 15) is 0 Å². The van der Waals surface area contributed by atoms with Gasteiger partial charge in [0.15, 0.2) is 0 Å². The zero-order valence-electron chi connectivity index (χ0n) is 9.41. The molecule has 0 fully saturated rings. The number of benzene rings is 1. The molecular weight excluding hydrogens is 184 g/mol. The van der Waals surface area contributed by atoms with Crippen LogP contribution in [-0.4, -0.2) is 13.1 Å². The largest absolute Gasteiger partial charge is 0.314 e. The molecule has 1 atom stereocenters. The molecule has 0 aliphatic rings. The predicted molar refractivity (Wildman–Crippen MR) is 63.3 cm³/mol. The molecule has 1 rings (SSSR count). The van der Waals surface area contributed by atoms with E-state index in [1.807, 2.05) is 31.3 Å². The number of hydrogen-bond acceptors (Lipinski definition) is 2. The molecule has 0 amide bonds. The summed E-state index contributed by atoms with van der Waals surface area (Å²) in [5, 5.41) is 11.9. The Kier molecular flexibility index (Phi) is 4.08. The first-order valence-corrected chi connectivity index (χ1v) is 5.03. The molecule has 0 spiro atoms. The highest BCUT2D eigenvalue weighted by atomic mass is 14.8. The Balaban J connectivity index is 2.93. The Morgan fingerprint density at radius 2 is 2.27 bits per heavy atom. The van der Waals surface area contributed by atoms with Gasteiger partial charge in [-0.05, 0) is 38.6 Å². The second kappa shape index (κ2) is 5.33. The Morgan fingerprint density at radius 1 is 1.53 bits per heavy atom. The standard InChI is InChI=1S/C13H16N2/c1-10(11(2)15-3)7-12-5-4-6-13(8-12)9-14/h4-8,11,15H,1-3H3/b10-7+. The Morgan fingerprint density at radius 3 is 2.87 bits per heavy atom. The van der Waals surface area contributed by atoms with Gasteiger partial charge >= 0.3 is 0 Å². The van der Waals surface area contributed by atoms with Gasteiger partial charge in [-0.3, -0.25) is 0 Å². The third-order valence-corrected chi connectivity index (χ3v) is 2.53. The molecule has 0 saturated carbocycles. The molecule has 15 heavy (non-hydrogen) atoms. The summed E-state index contributed by atoms with van der Waals surface area (Å²) in [6.45, 7) is 4.19. The Labute approximate surface area is 91.2 Å². The van der Waals surface area contributed by atoms with Crippen molar-refractivity contribution in [1.29, 1.82) is 5.26 Å². The predicted octanol–water partition coefficient (Wildman–Crippen LogP) is 2.57. The minimum atomic E-state index is 0.357. The third-order valence-electron chi connectivity index (χ3n) is 2.53. The van der Waals surface area contributed by atoms with E-state index in [1.165, 1.54) is 5.57 Å². The smallest absolute Gasteiger partial charge is 0.0991 e. The van der Waals surface area contributed by atoms with Crippen molar-refractivity contribution in [3.63, 3.8) is 0 Å². The van der Waals surface area contributed by atoms with E-state index in [0.717, 1.165) is 5.56 Å². The van der Waals surface area contributed by atoms with Gasteiger partial charge in [-0.2, -0.15) is 5.26 Å². The molecule has 0 bridgehead atoms. The van der Waals surface area contributed by atoms with Crippen molar-refractivity contribution in [2.45, 2.75) is 19.9 Å². The maximum absolute atomic E-state index is 8.77. The van der Waals surface area contributed by atoms with Crippen molar-refractivity contribution in [3.8, 4) is 6.07 Å². The van der Waals surface area contributed by atoms with E-state index in [4.69, 9.17) is 5.26 Å². The fraction of sp³-hybridized carbons (Fsp3) is 0.308. The molecule has 2 heteroatoms. The monoisotopic (exact) mass is 200 g/mol. The second-order valence-electron chi connectivity index (χ2n) is 3.64. The van der Waals surface area contributed by atoms with Crippen LogP contribution in [0.4, 0.5) is 0 Å². The van der Waals surface area contributed by atoms with Gasteiger partial charge in [0.25, 0.3) is 0 Å². The van der Waals surface area contributed by atoms with Gasteiger partial charge in [-0.25, -0.2) is 0 Å². The van der Waals surface area contributed by atoms with Crippen LogP contribution in [0, 0.1) is 11.3 Å². The average Bonchev–Trinajstić information content (AvgIpc) is 2.28. The fourth-order valence-electron chi connectivity index (χ4n) is 1.31. The van der Waals surface area contributed by atoms with E-state index in [2.05, 4.69) is 31.3 Å². The highest BCUT2D eigenvalue weighted by Crippen LogP contribution is 2.11. The zero-order valence-corrected chi connectivity index (χ0v) is 9.41. The Bertz CT molecular complexity index is 399. The molecule has 0 aliphatic carbocycles. The highest BCUT2D eigenvalue weighted by Gasteiger charge is 2.00. The van der Waals surface area contributed by atoms with Crippen molar-refractivity contribution in [2.75, 3.05) is 7.05 Å². The number of nitrogens with zero attached hydrogens (tertiary/aromatic N) is 1. The van der Waals surface area contributed by atoms with E-state index >= 15 is 0 Å². The van der Waals surface area contributed by atoms with Gasteiger partial charge in [0, 0.05) is 6.04 Å². The maximum atomic E-state index is 8.77. The summed E-state index contributed by atoms with van der Waals surface area (Å²) in [4.78, 5) is 0. The van der Waals surface area contributed by atoms with Gasteiger partial charge in [0.1, 0.15) is 0 Å². The normalized spacial score (nSPS) is 13.3. The summed E-state index contributed by atoms with van der Waals surface area (Å²) in [6.07, 6.45) is 2.10. The summed E-state index contributed by atoms with van der Waals surface area (Å²) in [5.41, 5.74) is 3.04. The van der Waals surface area contributed by atoms with Crippen LogP contribution in [-0.2, 0) is 0 Å². The van der Waals surface area contributed by atoms with E-state index < -0.39 is 0 Å².